The zero-order valence-corrected chi connectivity index (χ0v) is 12.9. The van der Waals surface area contributed by atoms with Gasteiger partial charge in [0.2, 0.25) is 8.87 Å². The van der Waals surface area contributed by atoms with Crippen molar-refractivity contribution in [3.05, 3.63) is 69.8 Å². The Hall–Kier alpha value is -1.86. The second-order valence-electron chi connectivity index (χ2n) is 4.45. The molecule has 5 nitrogen and oxygen atoms in total. The molecule has 2 aromatic carbocycles. The van der Waals surface area contributed by atoms with Crippen molar-refractivity contribution in [2.24, 2.45) is 0 Å². The van der Waals surface area contributed by atoms with Crippen LogP contribution >= 0.6 is 10.8 Å². The highest BCUT2D eigenvalue weighted by atomic mass is 33.1. The third kappa shape index (κ3) is 4.05. The lowest BCUT2D eigenvalue weighted by molar-refractivity contribution is -0.384. The highest BCUT2D eigenvalue weighted by Crippen LogP contribution is 2.27. The summed E-state index contributed by atoms with van der Waals surface area (Å²) in [6.45, 7) is 1.89. The summed E-state index contributed by atoms with van der Waals surface area (Å²) in [7, 11) is -2.61. The standard InChI is InChI=1S/C14H13NO4S2/c1-11-2-8-14(9-3-11)21(18,19)20-10-12-4-6-13(7-5-12)15(16)17/h2-9H,10H2,1H3. The molecule has 21 heavy (non-hydrogen) atoms. The Morgan fingerprint density at radius 3 is 2.14 bits per heavy atom. The van der Waals surface area contributed by atoms with Crippen LogP contribution in [-0.2, 0) is 14.6 Å². The molecule has 2 rings (SSSR count). The molecule has 2 aromatic rings. The molecule has 0 spiro atoms. The molecule has 0 radical (unpaired) electrons. The molecule has 0 aliphatic heterocycles. The lowest BCUT2D eigenvalue weighted by Gasteiger charge is -2.04. The van der Waals surface area contributed by atoms with Gasteiger partial charge in [-0.2, -0.15) is 0 Å². The summed E-state index contributed by atoms with van der Waals surface area (Å²) in [6.07, 6.45) is 0. The fraction of sp³-hybridized carbons (Fsp3) is 0.143. The first kappa shape index (κ1) is 15.5. The van der Waals surface area contributed by atoms with Gasteiger partial charge in [-0.05, 0) is 35.4 Å². The molecule has 0 amide bonds. The minimum atomic E-state index is -3.42. The number of non-ortho nitro benzene ring substituents is 1. The topological polar surface area (TPSA) is 77.3 Å². The zero-order chi connectivity index (χ0) is 15.5. The molecule has 0 aliphatic rings. The molecule has 0 N–H and O–H groups in total. The minimum Gasteiger partial charge on any atom is -0.258 e. The highest BCUT2D eigenvalue weighted by molar-refractivity contribution is 8.71. The molecule has 0 aliphatic carbocycles. The number of aryl methyl sites for hydroxylation is 1. The first-order valence-corrected chi connectivity index (χ1v) is 9.06. The average molecular weight is 323 g/mol. The van der Waals surface area contributed by atoms with Crippen LogP contribution in [0.15, 0.2) is 53.4 Å². The van der Waals surface area contributed by atoms with Crippen LogP contribution in [0.1, 0.15) is 11.1 Å². The van der Waals surface area contributed by atoms with Crippen LogP contribution in [0.3, 0.4) is 0 Å². The molecule has 110 valence electrons. The summed E-state index contributed by atoms with van der Waals surface area (Å²) in [5.74, 6) is 0.244. The van der Waals surface area contributed by atoms with Crippen molar-refractivity contribution >= 4 is 25.4 Å². The quantitative estimate of drug-likeness (QED) is 0.478. The summed E-state index contributed by atoms with van der Waals surface area (Å²) in [6, 6.07) is 12.5. The highest BCUT2D eigenvalue weighted by Gasteiger charge is 2.15. The van der Waals surface area contributed by atoms with E-state index in [0.29, 0.717) is 0 Å². The summed E-state index contributed by atoms with van der Waals surface area (Å²) >= 11 is 0. The smallest absolute Gasteiger partial charge is 0.258 e. The predicted molar refractivity (Wildman–Crippen MR) is 82.8 cm³/mol. The van der Waals surface area contributed by atoms with Gasteiger partial charge < -0.3 is 0 Å². The van der Waals surface area contributed by atoms with Gasteiger partial charge in [-0.15, -0.1) is 0 Å². The number of hydrogen-bond acceptors (Lipinski definition) is 5. The van der Waals surface area contributed by atoms with E-state index < -0.39 is 13.8 Å². The molecule has 0 atom stereocenters. The number of benzene rings is 2. The van der Waals surface area contributed by atoms with E-state index in [0.717, 1.165) is 21.9 Å². The molecular weight excluding hydrogens is 310 g/mol. The maximum atomic E-state index is 12.1. The van der Waals surface area contributed by atoms with E-state index in [4.69, 9.17) is 0 Å². The van der Waals surface area contributed by atoms with E-state index in [9.17, 15) is 18.5 Å². The molecule has 0 bridgehead atoms. The average Bonchev–Trinajstić information content (AvgIpc) is 2.46. The van der Waals surface area contributed by atoms with Crippen LogP contribution < -0.4 is 0 Å². The van der Waals surface area contributed by atoms with Gasteiger partial charge in [-0.1, -0.05) is 29.8 Å². The van der Waals surface area contributed by atoms with Gasteiger partial charge in [-0.25, -0.2) is 8.42 Å². The van der Waals surface area contributed by atoms with Crippen molar-refractivity contribution in [1.29, 1.82) is 0 Å². The molecule has 0 fully saturated rings. The van der Waals surface area contributed by atoms with Crippen LogP contribution in [0.5, 0.6) is 0 Å². The first-order chi connectivity index (χ1) is 9.88. The van der Waals surface area contributed by atoms with Gasteiger partial charge in [0.1, 0.15) is 0 Å². The molecule has 0 heterocycles. The van der Waals surface area contributed by atoms with E-state index in [1.807, 2.05) is 6.92 Å². The van der Waals surface area contributed by atoms with Crippen molar-refractivity contribution in [1.82, 2.24) is 0 Å². The summed E-state index contributed by atoms with van der Waals surface area (Å²) in [5, 5.41) is 10.5. The lowest BCUT2D eigenvalue weighted by atomic mass is 10.2. The molecule has 0 saturated heterocycles. The van der Waals surface area contributed by atoms with E-state index in [1.54, 1.807) is 36.4 Å². The van der Waals surface area contributed by atoms with E-state index >= 15 is 0 Å². The van der Waals surface area contributed by atoms with Gasteiger partial charge >= 0.3 is 0 Å². The number of rotatable bonds is 5. The fourth-order valence-corrected chi connectivity index (χ4v) is 4.34. The Kier molecular flexibility index (Phi) is 4.64. The van der Waals surface area contributed by atoms with Gasteiger partial charge in [-0.3, -0.25) is 10.1 Å². The Balaban J connectivity index is 2.08. The van der Waals surface area contributed by atoms with Crippen molar-refractivity contribution in [3.8, 4) is 0 Å². The maximum absolute atomic E-state index is 12.1. The maximum Gasteiger partial charge on any atom is 0.269 e. The van der Waals surface area contributed by atoms with Gasteiger partial charge in [0.15, 0.2) is 0 Å². The summed E-state index contributed by atoms with van der Waals surface area (Å²) in [4.78, 5) is 10.3. The van der Waals surface area contributed by atoms with Gasteiger partial charge in [0.25, 0.3) is 5.69 Å². The van der Waals surface area contributed by atoms with Gasteiger partial charge in [0.05, 0.1) is 9.82 Å². The van der Waals surface area contributed by atoms with Crippen LogP contribution in [0.2, 0.25) is 0 Å². The molecule has 0 saturated carbocycles. The molecule has 7 heteroatoms. The SMILES string of the molecule is Cc1ccc(S(=O)(=O)SCc2ccc([N+](=O)[O-])cc2)cc1. The summed E-state index contributed by atoms with van der Waals surface area (Å²) in [5.41, 5.74) is 1.71. The fourth-order valence-electron chi connectivity index (χ4n) is 1.63. The normalized spacial score (nSPS) is 11.3. The van der Waals surface area contributed by atoms with Crippen LogP contribution in [0.4, 0.5) is 5.69 Å². The first-order valence-electron chi connectivity index (χ1n) is 6.08. The number of hydrogen-bond donors (Lipinski definition) is 0. The third-order valence-electron chi connectivity index (χ3n) is 2.84. The number of nitro groups is 1. The Bertz CT molecular complexity index is 738. The Morgan fingerprint density at radius 1 is 1.05 bits per heavy atom. The Morgan fingerprint density at radius 2 is 1.62 bits per heavy atom. The second-order valence-corrected chi connectivity index (χ2v) is 8.38. The second kappa shape index (κ2) is 6.28. The third-order valence-corrected chi connectivity index (χ3v) is 6.31. The van der Waals surface area contributed by atoms with Crippen LogP contribution in [0.25, 0.3) is 0 Å². The molecule has 0 aromatic heterocycles. The summed E-state index contributed by atoms with van der Waals surface area (Å²) < 4.78 is 24.3. The van der Waals surface area contributed by atoms with Gasteiger partial charge in [0, 0.05) is 17.9 Å². The predicted octanol–water partition coefficient (Wildman–Crippen LogP) is 3.53. The minimum absolute atomic E-state index is 0.00913. The Labute approximate surface area is 126 Å². The van der Waals surface area contributed by atoms with Crippen LogP contribution in [0, 0.1) is 17.0 Å². The molecular formula is C14H13NO4S2. The van der Waals surface area contributed by atoms with E-state index in [-0.39, 0.29) is 16.3 Å². The van der Waals surface area contributed by atoms with Crippen molar-refractivity contribution in [2.75, 3.05) is 0 Å². The van der Waals surface area contributed by atoms with Crippen LogP contribution in [-0.4, -0.2) is 13.3 Å². The molecule has 0 unspecified atom stereocenters. The number of nitrogens with zero attached hydrogens (tertiary/aromatic N) is 1. The monoisotopic (exact) mass is 323 g/mol. The van der Waals surface area contributed by atoms with E-state index in [1.165, 1.54) is 12.1 Å². The van der Waals surface area contributed by atoms with Crippen molar-refractivity contribution in [2.45, 2.75) is 17.6 Å². The zero-order valence-electron chi connectivity index (χ0n) is 11.2. The van der Waals surface area contributed by atoms with Crippen molar-refractivity contribution in [3.63, 3.8) is 0 Å². The van der Waals surface area contributed by atoms with E-state index in [2.05, 4.69) is 0 Å². The number of nitro benzene ring substituents is 1. The lowest BCUT2D eigenvalue weighted by Crippen LogP contribution is -1.96. The van der Waals surface area contributed by atoms with Crippen molar-refractivity contribution < 1.29 is 13.3 Å². The largest absolute Gasteiger partial charge is 0.269 e.